The van der Waals surface area contributed by atoms with Gasteiger partial charge in [-0.25, -0.2) is 4.57 Å². The fraction of sp³-hybridized carbons (Fsp3) is 0.257. The highest BCUT2D eigenvalue weighted by atomic mass is 35.5. The van der Waals surface area contributed by atoms with Crippen molar-refractivity contribution >= 4 is 69.6 Å². The minimum Gasteiger partial charge on any atom is -0.340 e. The lowest BCUT2D eigenvalue weighted by molar-refractivity contribution is -0.659. The van der Waals surface area contributed by atoms with Gasteiger partial charge in [-0.15, -0.1) is 0 Å². The number of aldehydes is 1. The first-order valence-corrected chi connectivity index (χ1v) is 16.2. The first kappa shape index (κ1) is 34.6. The molecule has 5 rings (SSSR count). The van der Waals surface area contributed by atoms with Crippen LogP contribution in [0.15, 0.2) is 84.7 Å². The second-order valence-corrected chi connectivity index (χ2v) is 11.9. The highest BCUT2D eigenvalue weighted by Crippen LogP contribution is 2.46. The van der Waals surface area contributed by atoms with Crippen LogP contribution >= 0.6 is 34.8 Å². The monoisotopic (exact) mass is 703 g/mol. The lowest BCUT2D eigenvalue weighted by Gasteiger charge is -2.24. The third-order valence-corrected chi connectivity index (χ3v) is 8.87. The zero-order valence-electron chi connectivity index (χ0n) is 25.9. The predicted octanol–water partition coefficient (Wildman–Crippen LogP) is 9.62. The summed E-state index contributed by atoms with van der Waals surface area (Å²) in [5.41, 5.74) is 2.63. The Morgan fingerprint density at radius 3 is 2.21 bits per heavy atom. The molecule has 2 heterocycles. The van der Waals surface area contributed by atoms with Gasteiger partial charge in [-0.2, -0.15) is 17.7 Å². The average Bonchev–Trinajstić information content (AvgIpc) is 3.47. The van der Waals surface area contributed by atoms with E-state index in [1.807, 2.05) is 55.5 Å². The summed E-state index contributed by atoms with van der Waals surface area (Å²) in [6, 6.07) is 16.1. The topological polar surface area (TPSA) is 41.6 Å². The van der Waals surface area contributed by atoms with Crippen molar-refractivity contribution in [2.75, 3.05) is 23.0 Å². The van der Waals surface area contributed by atoms with Crippen LogP contribution < -0.4 is 14.4 Å². The predicted molar refractivity (Wildman–Crippen MR) is 183 cm³/mol. The maximum absolute atomic E-state index is 13.8. The van der Waals surface area contributed by atoms with Crippen molar-refractivity contribution in [1.82, 2.24) is 4.57 Å². The maximum atomic E-state index is 13.8. The molecule has 1 aliphatic heterocycles. The minimum atomic E-state index is -4.67. The number of allylic oxidation sites excluding steroid dienone is 4. The van der Waals surface area contributed by atoms with Gasteiger partial charge in [0, 0.05) is 44.8 Å². The third-order valence-electron chi connectivity index (χ3n) is 7.84. The van der Waals surface area contributed by atoms with Gasteiger partial charge in [-0.1, -0.05) is 83.4 Å². The maximum Gasteiger partial charge on any atom is 0.418 e. The van der Waals surface area contributed by atoms with Crippen LogP contribution in [0.25, 0.3) is 17.1 Å². The highest BCUT2D eigenvalue weighted by Gasteiger charge is 2.37. The summed E-state index contributed by atoms with van der Waals surface area (Å²) in [4.78, 5) is 16.0. The van der Waals surface area contributed by atoms with Gasteiger partial charge in [0.2, 0.25) is 0 Å². The van der Waals surface area contributed by atoms with E-state index in [4.69, 9.17) is 39.5 Å². The number of alkyl halides is 3. The second kappa shape index (κ2) is 14.6. The summed E-state index contributed by atoms with van der Waals surface area (Å²) in [5.74, 6) is 1.39. The molecule has 0 spiro atoms. The Hall–Kier alpha value is -3.76. The standard InChI is InChI=1S/C35H33Cl3F3N4O2/c1-4-42-30-20-27(37)28(38)21-31(30)44(22-24-12-8-6-9-13-24)33(42)14-10-7-11-15-34-43(16-17-46)29-18-25(35(39,40)41)26(36)19-32(29)45(34)23(3)47-5-2/h6-15,17-21,23H,4-5,16,22H2,1-3H3/q+1. The van der Waals surface area contributed by atoms with E-state index in [0.717, 1.165) is 28.8 Å². The Morgan fingerprint density at radius 2 is 1.60 bits per heavy atom. The van der Waals surface area contributed by atoms with Gasteiger partial charge in [0.1, 0.15) is 12.4 Å². The number of rotatable bonds is 11. The van der Waals surface area contributed by atoms with Gasteiger partial charge in [-0.05, 0) is 37.6 Å². The lowest BCUT2D eigenvalue weighted by atomic mass is 10.2. The van der Waals surface area contributed by atoms with Crippen LogP contribution in [-0.2, 0) is 28.8 Å². The minimum absolute atomic E-state index is 0.169. The van der Waals surface area contributed by atoms with Crippen LogP contribution in [0.2, 0.25) is 15.1 Å². The van der Waals surface area contributed by atoms with E-state index in [9.17, 15) is 18.0 Å². The van der Waals surface area contributed by atoms with E-state index >= 15 is 0 Å². The number of nitrogens with zero attached hydrogens (tertiary/aromatic N) is 4. The van der Waals surface area contributed by atoms with E-state index < -0.39 is 23.0 Å². The van der Waals surface area contributed by atoms with Crippen LogP contribution in [0.4, 0.5) is 24.5 Å². The Balaban J connectivity index is 1.56. The molecule has 1 atom stereocenters. The zero-order valence-corrected chi connectivity index (χ0v) is 28.2. The number of carbonyl (C=O) groups excluding carboxylic acids is 1. The fourth-order valence-corrected chi connectivity index (χ4v) is 6.41. The molecule has 0 bridgehead atoms. The molecule has 1 unspecified atom stereocenters. The number of carbonyl (C=O) groups is 1. The summed E-state index contributed by atoms with van der Waals surface area (Å²) in [6.07, 6.45) is 4.59. The molecule has 0 saturated heterocycles. The molecule has 1 aliphatic rings. The van der Waals surface area contributed by atoms with Gasteiger partial charge >= 0.3 is 6.18 Å². The van der Waals surface area contributed by atoms with Crippen LogP contribution in [-0.4, -0.2) is 24.0 Å². The number of benzene rings is 3. The van der Waals surface area contributed by atoms with Crippen molar-refractivity contribution in [2.24, 2.45) is 0 Å². The first-order valence-electron chi connectivity index (χ1n) is 15.0. The molecule has 0 amide bonds. The molecule has 4 aromatic rings. The molecule has 6 nitrogen and oxygen atoms in total. The van der Waals surface area contributed by atoms with Gasteiger partial charge in [0.05, 0.1) is 32.0 Å². The van der Waals surface area contributed by atoms with E-state index in [2.05, 4.69) is 28.9 Å². The normalized spacial score (nSPS) is 15.1. The van der Waals surface area contributed by atoms with Gasteiger partial charge < -0.3 is 14.5 Å². The van der Waals surface area contributed by atoms with Crippen molar-refractivity contribution in [2.45, 2.75) is 46.3 Å². The average molecular weight is 705 g/mol. The number of imidazole rings is 1. The van der Waals surface area contributed by atoms with E-state index in [1.165, 1.54) is 10.6 Å². The summed E-state index contributed by atoms with van der Waals surface area (Å²) in [5, 5.41) is 0.490. The van der Waals surface area contributed by atoms with Crippen LogP contribution in [0.1, 0.15) is 44.0 Å². The Morgan fingerprint density at radius 1 is 0.915 bits per heavy atom. The molecular formula is C35H33Cl3F3N4O2+. The van der Waals surface area contributed by atoms with Crippen molar-refractivity contribution in [1.29, 1.82) is 0 Å². The highest BCUT2D eigenvalue weighted by molar-refractivity contribution is 6.42. The number of hydrogen-bond donors (Lipinski definition) is 0. The van der Waals surface area contributed by atoms with Gasteiger partial charge in [0.25, 0.3) is 5.82 Å². The van der Waals surface area contributed by atoms with Crippen molar-refractivity contribution in [3.05, 3.63) is 117 Å². The number of anilines is 2. The molecule has 47 heavy (non-hydrogen) atoms. The Bertz CT molecular complexity index is 1870. The molecule has 0 fully saturated rings. The second-order valence-electron chi connectivity index (χ2n) is 10.7. The molecular weight excluding hydrogens is 672 g/mol. The smallest absolute Gasteiger partial charge is 0.340 e. The molecule has 0 saturated carbocycles. The van der Waals surface area contributed by atoms with E-state index in [0.29, 0.717) is 47.4 Å². The van der Waals surface area contributed by atoms with Crippen LogP contribution in [0.3, 0.4) is 0 Å². The Kier molecular flexibility index (Phi) is 10.7. The molecule has 246 valence electrons. The molecule has 1 aromatic heterocycles. The summed E-state index contributed by atoms with van der Waals surface area (Å²) in [7, 11) is 0. The van der Waals surface area contributed by atoms with Crippen LogP contribution in [0, 0.1) is 0 Å². The van der Waals surface area contributed by atoms with E-state index in [1.54, 1.807) is 23.6 Å². The molecule has 3 aromatic carbocycles. The largest absolute Gasteiger partial charge is 0.418 e. The summed E-state index contributed by atoms with van der Waals surface area (Å²) >= 11 is 19.0. The third kappa shape index (κ3) is 7.09. The van der Waals surface area contributed by atoms with Crippen molar-refractivity contribution < 1.29 is 27.3 Å². The number of halogens is 6. The molecule has 12 heteroatoms. The number of ether oxygens (including phenoxy) is 1. The summed E-state index contributed by atoms with van der Waals surface area (Å²) in [6.45, 7) is 7.14. The summed E-state index contributed by atoms with van der Waals surface area (Å²) < 4.78 is 50.4. The lowest BCUT2D eigenvalue weighted by Crippen LogP contribution is -2.37. The number of fused-ring (bicyclic) bond motifs is 2. The van der Waals surface area contributed by atoms with Crippen molar-refractivity contribution in [3.8, 4) is 0 Å². The SMILES string of the molecule is CCOC(C)n1c(/C=C/C=C/C=C2\N(CC)c3cc(Cl)c(Cl)cc3N2Cc2ccccc2)[n+](CC=O)c2cc(C(F)(F)F)c(Cl)cc21. The number of hydrogen-bond acceptors (Lipinski definition) is 4. The first-order chi connectivity index (χ1) is 22.5. The van der Waals surface area contributed by atoms with Gasteiger partial charge in [0.15, 0.2) is 23.5 Å². The zero-order chi connectivity index (χ0) is 33.9. The fourth-order valence-electron chi connectivity index (χ4n) is 5.83. The van der Waals surface area contributed by atoms with E-state index in [-0.39, 0.29) is 12.1 Å². The molecule has 0 aliphatic carbocycles. The Labute approximate surface area is 286 Å². The van der Waals surface area contributed by atoms with Crippen LogP contribution in [0.5, 0.6) is 0 Å². The quantitative estimate of drug-likeness (QED) is 0.0886. The van der Waals surface area contributed by atoms with Gasteiger partial charge in [-0.3, -0.25) is 4.79 Å². The number of aromatic nitrogens is 2. The molecule has 0 N–H and O–H groups in total. The van der Waals surface area contributed by atoms with Crippen molar-refractivity contribution in [3.63, 3.8) is 0 Å². The molecule has 0 radical (unpaired) electrons.